The van der Waals surface area contributed by atoms with Gasteiger partial charge in [0.25, 0.3) is 0 Å². The van der Waals surface area contributed by atoms with E-state index >= 15 is 0 Å². The lowest BCUT2D eigenvalue weighted by Crippen LogP contribution is -2.51. The minimum absolute atomic E-state index is 0.00681. The van der Waals surface area contributed by atoms with Crippen LogP contribution in [0.25, 0.3) is 0 Å². The quantitative estimate of drug-likeness (QED) is 0.276. The second kappa shape index (κ2) is 10.4. The van der Waals surface area contributed by atoms with Gasteiger partial charge in [0.15, 0.2) is 0 Å². The number of hydrogen-bond acceptors (Lipinski definition) is 4. The number of nitrogens with two attached hydrogens (primary N) is 1. The van der Waals surface area contributed by atoms with Gasteiger partial charge in [-0.1, -0.05) is 59.1 Å². The fourth-order valence-electron chi connectivity index (χ4n) is 9.28. The first kappa shape index (κ1) is 28.1. The molecule has 4 aliphatic rings. The van der Waals surface area contributed by atoms with Crippen LogP contribution in [0.4, 0.5) is 0 Å². The van der Waals surface area contributed by atoms with Crippen LogP contribution in [0.5, 0.6) is 0 Å². The van der Waals surface area contributed by atoms with Crippen LogP contribution < -0.4 is 5.73 Å². The van der Waals surface area contributed by atoms with Crippen molar-refractivity contribution >= 4 is 5.97 Å². The number of carbonyl (C=O) groups excluding carboxylic acids is 1. The molecule has 2 unspecified atom stereocenters. The van der Waals surface area contributed by atoms with Crippen LogP contribution in [0, 0.1) is 46.3 Å². The maximum absolute atomic E-state index is 12.5. The SMILES string of the molecule is CC(C)C(N)C(=O)O[C@H]1CC[C@@]2(C)C(=CC[C@H]3[C@@H]4CC[C@H](C(C)CCCC(C)(C)O)[C@@]4(C)CC[C@@H]32)C1. The Hall–Kier alpha value is -0.870. The Kier molecular flexibility index (Phi) is 8.10. The molecule has 4 aliphatic carbocycles. The third-order valence-corrected chi connectivity index (χ3v) is 11.5. The number of carbonyl (C=O) groups is 1. The number of esters is 1. The van der Waals surface area contributed by atoms with Gasteiger partial charge in [-0.15, -0.1) is 0 Å². The summed E-state index contributed by atoms with van der Waals surface area (Å²) in [6.07, 6.45) is 15.5. The Morgan fingerprint density at radius 3 is 2.53 bits per heavy atom. The largest absolute Gasteiger partial charge is 0.461 e. The predicted octanol–water partition coefficient (Wildman–Crippen LogP) is 7.04. The van der Waals surface area contributed by atoms with E-state index in [0.29, 0.717) is 5.41 Å². The van der Waals surface area contributed by atoms with E-state index in [-0.39, 0.29) is 23.4 Å². The molecule has 4 heteroatoms. The summed E-state index contributed by atoms with van der Waals surface area (Å²) in [7, 11) is 0. The molecule has 0 aromatic carbocycles. The zero-order valence-corrected chi connectivity index (χ0v) is 24.3. The lowest BCUT2D eigenvalue weighted by atomic mass is 9.47. The van der Waals surface area contributed by atoms with Crippen molar-refractivity contribution < 1.29 is 14.6 Å². The van der Waals surface area contributed by atoms with E-state index in [0.717, 1.165) is 61.7 Å². The van der Waals surface area contributed by atoms with Crippen LogP contribution in [0.3, 0.4) is 0 Å². The highest BCUT2D eigenvalue weighted by Crippen LogP contribution is 2.67. The standard InChI is InChI=1S/C32H55NO3/c1-20(2)28(33)29(34)36-23-14-17-31(6)22(19-23)10-11-24-26-13-12-25(32(26,7)18-15-27(24)31)21(3)9-8-16-30(4,5)35/h10,20-21,23-28,35H,8-9,11-19,33H2,1-7H3/t21?,23-,24-,25+,26-,27-,28?,31-,32+/m0/s1. The molecule has 4 nitrogen and oxygen atoms in total. The molecule has 9 atom stereocenters. The molecule has 0 bridgehead atoms. The first-order valence-electron chi connectivity index (χ1n) is 15.1. The molecule has 3 N–H and O–H groups in total. The van der Waals surface area contributed by atoms with Gasteiger partial charge >= 0.3 is 5.97 Å². The van der Waals surface area contributed by atoms with Gasteiger partial charge in [0.1, 0.15) is 12.1 Å². The van der Waals surface area contributed by atoms with Crippen molar-refractivity contribution in [1.29, 1.82) is 0 Å². The Morgan fingerprint density at radius 2 is 1.86 bits per heavy atom. The third kappa shape index (κ3) is 5.33. The van der Waals surface area contributed by atoms with Crippen molar-refractivity contribution in [2.45, 2.75) is 137 Å². The van der Waals surface area contributed by atoms with Crippen LogP contribution in [0.2, 0.25) is 0 Å². The normalized spacial score (nSPS) is 40.1. The zero-order valence-electron chi connectivity index (χ0n) is 24.3. The summed E-state index contributed by atoms with van der Waals surface area (Å²) in [5.74, 6) is 3.86. The van der Waals surface area contributed by atoms with Crippen LogP contribution in [0.1, 0.15) is 119 Å². The number of ether oxygens (including phenoxy) is 1. The van der Waals surface area contributed by atoms with E-state index < -0.39 is 11.6 Å². The lowest BCUT2D eigenvalue weighted by Gasteiger charge is -2.58. The molecule has 0 heterocycles. The Balaban J connectivity index is 1.42. The van der Waals surface area contributed by atoms with E-state index in [1.807, 2.05) is 27.7 Å². The predicted molar refractivity (Wildman–Crippen MR) is 147 cm³/mol. The van der Waals surface area contributed by atoms with Gasteiger partial charge in [0, 0.05) is 6.42 Å². The summed E-state index contributed by atoms with van der Waals surface area (Å²) in [6, 6.07) is -0.521. The monoisotopic (exact) mass is 501 g/mol. The van der Waals surface area contributed by atoms with E-state index in [9.17, 15) is 9.90 Å². The summed E-state index contributed by atoms with van der Waals surface area (Å²) in [5, 5.41) is 10.2. The van der Waals surface area contributed by atoms with Crippen molar-refractivity contribution in [1.82, 2.24) is 0 Å². The molecule has 3 fully saturated rings. The molecule has 206 valence electrons. The molecule has 0 aromatic heterocycles. The van der Waals surface area contributed by atoms with Gasteiger partial charge in [-0.25, -0.2) is 0 Å². The van der Waals surface area contributed by atoms with E-state index in [1.165, 1.54) is 38.5 Å². The molecule has 0 saturated heterocycles. The van der Waals surface area contributed by atoms with Crippen molar-refractivity contribution in [3.05, 3.63) is 11.6 Å². The number of fused-ring (bicyclic) bond motifs is 5. The molecule has 0 aliphatic heterocycles. The van der Waals surface area contributed by atoms with Gasteiger partial charge in [0.2, 0.25) is 0 Å². The van der Waals surface area contributed by atoms with Crippen LogP contribution in [-0.2, 0) is 9.53 Å². The first-order chi connectivity index (χ1) is 16.8. The number of allylic oxidation sites excluding steroid dienone is 1. The van der Waals surface area contributed by atoms with Gasteiger partial charge in [-0.3, -0.25) is 4.79 Å². The maximum atomic E-state index is 12.5. The van der Waals surface area contributed by atoms with Gasteiger partial charge in [-0.2, -0.15) is 0 Å². The average Bonchev–Trinajstić information content (AvgIpc) is 3.15. The summed E-state index contributed by atoms with van der Waals surface area (Å²) in [4.78, 5) is 12.5. The summed E-state index contributed by atoms with van der Waals surface area (Å²) >= 11 is 0. The van der Waals surface area contributed by atoms with Gasteiger partial charge in [0.05, 0.1) is 5.60 Å². The fraction of sp³-hybridized carbons (Fsp3) is 0.906. The van der Waals surface area contributed by atoms with Gasteiger partial charge < -0.3 is 15.6 Å². The van der Waals surface area contributed by atoms with Crippen molar-refractivity contribution in [2.75, 3.05) is 0 Å². The van der Waals surface area contributed by atoms with Gasteiger partial charge in [-0.05, 0) is 112 Å². The highest BCUT2D eigenvalue weighted by atomic mass is 16.5. The molecule has 4 rings (SSSR count). The first-order valence-corrected chi connectivity index (χ1v) is 15.1. The van der Waals surface area contributed by atoms with E-state index in [4.69, 9.17) is 10.5 Å². The second-order valence-electron chi connectivity index (χ2n) is 14.7. The van der Waals surface area contributed by atoms with Crippen molar-refractivity contribution in [3.8, 4) is 0 Å². The smallest absolute Gasteiger partial charge is 0.323 e. The minimum atomic E-state index is -0.542. The molecular weight excluding hydrogens is 446 g/mol. The highest BCUT2D eigenvalue weighted by Gasteiger charge is 2.59. The molecule has 36 heavy (non-hydrogen) atoms. The van der Waals surface area contributed by atoms with Crippen LogP contribution in [-0.4, -0.2) is 28.8 Å². The maximum Gasteiger partial charge on any atom is 0.323 e. The van der Waals surface area contributed by atoms with E-state index in [1.54, 1.807) is 5.57 Å². The minimum Gasteiger partial charge on any atom is -0.461 e. The second-order valence-corrected chi connectivity index (χ2v) is 14.7. The zero-order chi connectivity index (χ0) is 26.5. The van der Waals surface area contributed by atoms with Crippen molar-refractivity contribution in [3.63, 3.8) is 0 Å². The Morgan fingerprint density at radius 1 is 1.14 bits per heavy atom. The summed E-state index contributed by atoms with van der Waals surface area (Å²) in [5.41, 5.74) is 7.82. The average molecular weight is 502 g/mol. The molecular formula is C32H55NO3. The number of rotatable bonds is 8. The highest BCUT2D eigenvalue weighted by molar-refractivity contribution is 5.76. The molecule has 0 radical (unpaired) electrons. The summed E-state index contributed by atoms with van der Waals surface area (Å²) < 4.78 is 5.90. The molecule has 0 spiro atoms. The lowest BCUT2D eigenvalue weighted by molar-refractivity contribution is -0.154. The summed E-state index contributed by atoms with van der Waals surface area (Å²) in [6.45, 7) is 15.5. The fourth-order valence-corrected chi connectivity index (χ4v) is 9.28. The Bertz CT molecular complexity index is 828. The van der Waals surface area contributed by atoms with Crippen LogP contribution in [0.15, 0.2) is 11.6 Å². The molecule has 0 amide bonds. The van der Waals surface area contributed by atoms with Crippen molar-refractivity contribution in [2.24, 2.45) is 52.1 Å². The Labute approximate surface area is 221 Å². The molecule has 0 aromatic rings. The number of hydrogen-bond donors (Lipinski definition) is 2. The topological polar surface area (TPSA) is 72.6 Å². The van der Waals surface area contributed by atoms with E-state index in [2.05, 4.69) is 26.8 Å². The number of aliphatic hydroxyl groups is 1. The molecule has 3 saturated carbocycles. The van der Waals surface area contributed by atoms with Crippen LogP contribution >= 0.6 is 0 Å². The third-order valence-electron chi connectivity index (χ3n) is 11.5.